The van der Waals surface area contributed by atoms with E-state index in [4.69, 9.17) is 5.73 Å². The lowest BCUT2D eigenvalue weighted by Gasteiger charge is -2.32. The standard InChI is InChI=1S/C16H30N4O2/c1-19(2)7-8-20-11-13(9-15(20)21)16(22)18-14-6-4-3-5-12(14)10-17/h12-14H,3-11,17H2,1-2H3,(H,18,22). The van der Waals surface area contributed by atoms with Crippen molar-refractivity contribution in [3.63, 3.8) is 0 Å². The third kappa shape index (κ3) is 4.43. The fraction of sp³-hybridized carbons (Fsp3) is 0.875. The normalized spacial score (nSPS) is 29.2. The molecule has 1 saturated carbocycles. The minimum atomic E-state index is -0.199. The lowest BCUT2D eigenvalue weighted by Crippen LogP contribution is -2.47. The van der Waals surface area contributed by atoms with Crippen molar-refractivity contribution in [3.05, 3.63) is 0 Å². The number of hydrogen-bond donors (Lipinski definition) is 2. The number of carbonyl (C=O) groups excluding carboxylic acids is 2. The van der Waals surface area contributed by atoms with Crippen molar-refractivity contribution in [1.29, 1.82) is 0 Å². The van der Waals surface area contributed by atoms with Crippen LogP contribution in [0.25, 0.3) is 0 Å². The molecule has 3 unspecified atom stereocenters. The largest absolute Gasteiger partial charge is 0.353 e. The molecule has 1 aliphatic heterocycles. The Labute approximate surface area is 133 Å². The lowest BCUT2D eigenvalue weighted by molar-refractivity contribution is -0.129. The van der Waals surface area contributed by atoms with Crippen LogP contribution >= 0.6 is 0 Å². The van der Waals surface area contributed by atoms with Crippen molar-refractivity contribution < 1.29 is 9.59 Å². The molecule has 126 valence electrons. The topological polar surface area (TPSA) is 78.7 Å². The van der Waals surface area contributed by atoms with Gasteiger partial charge in [0, 0.05) is 32.1 Å². The number of likely N-dealkylation sites (N-methyl/N-ethyl adjacent to an activating group) is 1. The molecule has 0 aromatic rings. The van der Waals surface area contributed by atoms with Gasteiger partial charge >= 0.3 is 0 Å². The Morgan fingerprint density at radius 3 is 2.77 bits per heavy atom. The van der Waals surface area contributed by atoms with Gasteiger partial charge in [0.15, 0.2) is 0 Å². The SMILES string of the molecule is CN(C)CCN1CC(C(=O)NC2CCCCC2CN)CC1=O. The molecule has 1 aliphatic carbocycles. The van der Waals surface area contributed by atoms with Gasteiger partial charge in [-0.15, -0.1) is 0 Å². The average molecular weight is 310 g/mol. The van der Waals surface area contributed by atoms with E-state index in [2.05, 4.69) is 10.2 Å². The molecule has 6 heteroatoms. The number of nitrogens with two attached hydrogens (primary N) is 1. The molecule has 3 N–H and O–H groups in total. The lowest BCUT2D eigenvalue weighted by atomic mass is 9.84. The molecule has 2 rings (SSSR count). The fourth-order valence-electron chi connectivity index (χ4n) is 3.46. The number of nitrogens with one attached hydrogen (secondary N) is 1. The Bertz CT molecular complexity index is 400. The molecule has 1 heterocycles. The second kappa shape index (κ2) is 7.92. The fourth-order valence-corrected chi connectivity index (χ4v) is 3.46. The summed E-state index contributed by atoms with van der Waals surface area (Å²) >= 11 is 0. The van der Waals surface area contributed by atoms with Crippen LogP contribution in [0, 0.1) is 11.8 Å². The molecule has 22 heavy (non-hydrogen) atoms. The number of carbonyl (C=O) groups is 2. The molecule has 0 spiro atoms. The summed E-state index contributed by atoms with van der Waals surface area (Å²) in [6.07, 6.45) is 4.81. The summed E-state index contributed by atoms with van der Waals surface area (Å²) in [5.41, 5.74) is 5.82. The average Bonchev–Trinajstić information content (AvgIpc) is 2.87. The zero-order valence-corrected chi connectivity index (χ0v) is 13.9. The van der Waals surface area contributed by atoms with E-state index in [0.29, 0.717) is 32.0 Å². The number of amides is 2. The van der Waals surface area contributed by atoms with Crippen molar-refractivity contribution in [2.24, 2.45) is 17.6 Å². The Kier molecular flexibility index (Phi) is 6.20. The molecular weight excluding hydrogens is 280 g/mol. The molecule has 1 saturated heterocycles. The first-order chi connectivity index (χ1) is 10.5. The van der Waals surface area contributed by atoms with Gasteiger partial charge in [-0.05, 0) is 39.4 Å². The molecule has 0 aromatic heterocycles. The maximum absolute atomic E-state index is 12.5. The molecule has 0 radical (unpaired) electrons. The Morgan fingerprint density at radius 2 is 2.09 bits per heavy atom. The van der Waals surface area contributed by atoms with E-state index in [9.17, 15) is 9.59 Å². The monoisotopic (exact) mass is 310 g/mol. The summed E-state index contributed by atoms with van der Waals surface area (Å²) in [7, 11) is 3.97. The quantitative estimate of drug-likeness (QED) is 0.725. The Morgan fingerprint density at radius 1 is 1.36 bits per heavy atom. The third-order valence-corrected chi connectivity index (χ3v) is 4.94. The Hall–Kier alpha value is -1.14. The zero-order valence-electron chi connectivity index (χ0n) is 13.9. The molecular formula is C16H30N4O2. The van der Waals surface area contributed by atoms with E-state index in [1.54, 1.807) is 0 Å². The number of rotatable bonds is 6. The maximum Gasteiger partial charge on any atom is 0.225 e. The van der Waals surface area contributed by atoms with Crippen molar-refractivity contribution in [2.45, 2.75) is 38.1 Å². The van der Waals surface area contributed by atoms with Gasteiger partial charge in [0.1, 0.15) is 0 Å². The number of nitrogens with zero attached hydrogens (tertiary/aromatic N) is 2. The zero-order chi connectivity index (χ0) is 16.1. The van der Waals surface area contributed by atoms with Crippen LogP contribution in [0.15, 0.2) is 0 Å². The van der Waals surface area contributed by atoms with Gasteiger partial charge in [0.2, 0.25) is 11.8 Å². The first-order valence-corrected chi connectivity index (χ1v) is 8.44. The molecule has 0 aromatic carbocycles. The van der Waals surface area contributed by atoms with Gasteiger partial charge in [-0.1, -0.05) is 12.8 Å². The number of hydrogen-bond acceptors (Lipinski definition) is 4. The highest BCUT2D eigenvalue weighted by Gasteiger charge is 2.36. The van der Waals surface area contributed by atoms with Crippen molar-refractivity contribution in [1.82, 2.24) is 15.1 Å². The van der Waals surface area contributed by atoms with E-state index in [1.165, 1.54) is 6.42 Å². The van der Waals surface area contributed by atoms with E-state index < -0.39 is 0 Å². The smallest absolute Gasteiger partial charge is 0.225 e. The molecule has 2 aliphatic rings. The maximum atomic E-state index is 12.5. The van der Waals surface area contributed by atoms with Gasteiger partial charge in [-0.2, -0.15) is 0 Å². The Balaban J connectivity index is 1.84. The second-order valence-corrected chi connectivity index (χ2v) is 6.94. The molecule has 3 atom stereocenters. The second-order valence-electron chi connectivity index (χ2n) is 6.94. The predicted octanol–water partition coefficient (Wildman–Crippen LogP) is 0.0302. The number of likely N-dealkylation sites (tertiary alicyclic amines) is 1. The van der Waals surface area contributed by atoms with Gasteiger partial charge in [-0.3, -0.25) is 9.59 Å². The van der Waals surface area contributed by atoms with E-state index in [1.807, 2.05) is 19.0 Å². The van der Waals surface area contributed by atoms with Crippen LogP contribution in [0.4, 0.5) is 0 Å². The van der Waals surface area contributed by atoms with Crippen LogP contribution in [-0.4, -0.2) is 67.9 Å². The predicted molar refractivity (Wildman–Crippen MR) is 86.2 cm³/mol. The molecule has 6 nitrogen and oxygen atoms in total. The summed E-state index contributed by atoms with van der Waals surface area (Å²) in [4.78, 5) is 28.3. The highest BCUT2D eigenvalue weighted by Crippen LogP contribution is 2.25. The summed E-state index contributed by atoms with van der Waals surface area (Å²) in [6, 6.07) is 0.192. The van der Waals surface area contributed by atoms with Crippen molar-refractivity contribution in [2.75, 3.05) is 40.3 Å². The highest BCUT2D eigenvalue weighted by molar-refractivity contribution is 5.89. The molecule has 0 bridgehead atoms. The van der Waals surface area contributed by atoms with E-state index >= 15 is 0 Å². The minimum absolute atomic E-state index is 0.0334. The summed E-state index contributed by atoms with van der Waals surface area (Å²) in [6.45, 7) is 2.71. The van der Waals surface area contributed by atoms with Gasteiger partial charge in [0.25, 0.3) is 0 Å². The van der Waals surface area contributed by atoms with Crippen LogP contribution in [0.3, 0.4) is 0 Å². The minimum Gasteiger partial charge on any atom is -0.353 e. The van der Waals surface area contributed by atoms with Crippen molar-refractivity contribution >= 4 is 11.8 Å². The van der Waals surface area contributed by atoms with Crippen LogP contribution in [-0.2, 0) is 9.59 Å². The van der Waals surface area contributed by atoms with Gasteiger partial charge in [-0.25, -0.2) is 0 Å². The summed E-state index contributed by atoms with van der Waals surface area (Å²) in [5.74, 6) is 0.321. The van der Waals surface area contributed by atoms with Gasteiger partial charge < -0.3 is 20.9 Å². The van der Waals surface area contributed by atoms with Crippen LogP contribution in [0.2, 0.25) is 0 Å². The van der Waals surface area contributed by atoms with Gasteiger partial charge in [0.05, 0.1) is 5.92 Å². The first kappa shape index (κ1) is 17.2. The van der Waals surface area contributed by atoms with Crippen LogP contribution in [0.1, 0.15) is 32.1 Å². The molecule has 2 fully saturated rings. The molecule has 2 amide bonds. The van der Waals surface area contributed by atoms with E-state index in [0.717, 1.165) is 25.8 Å². The third-order valence-electron chi connectivity index (χ3n) is 4.94. The first-order valence-electron chi connectivity index (χ1n) is 8.44. The van der Waals surface area contributed by atoms with Crippen LogP contribution < -0.4 is 11.1 Å². The van der Waals surface area contributed by atoms with Crippen LogP contribution in [0.5, 0.6) is 0 Å². The van der Waals surface area contributed by atoms with E-state index in [-0.39, 0.29) is 23.8 Å². The highest BCUT2D eigenvalue weighted by atomic mass is 16.2. The summed E-state index contributed by atoms with van der Waals surface area (Å²) in [5, 5.41) is 3.16. The van der Waals surface area contributed by atoms with Crippen molar-refractivity contribution in [3.8, 4) is 0 Å². The summed E-state index contributed by atoms with van der Waals surface area (Å²) < 4.78 is 0.